The van der Waals surface area contributed by atoms with Gasteiger partial charge in [-0.1, -0.05) is 6.07 Å². The van der Waals surface area contributed by atoms with E-state index in [2.05, 4.69) is 29.9 Å². The van der Waals surface area contributed by atoms with E-state index in [1.807, 2.05) is 30.0 Å². The molecule has 6 heterocycles. The number of piperazine rings is 1. The predicted octanol–water partition coefficient (Wildman–Crippen LogP) is 2.57. The van der Waals surface area contributed by atoms with Crippen LogP contribution in [0.1, 0.15) is 22.0 Å². The average Bonchev–Trinajstić information content (AvgIpc) is 3.55. The van der Waals surface area contributed by atoms with Crippen molar-refractivity contribution in [3.8, 4) is 11.5 Å². The van der Waals surface area contributed by atoms with E-state index in [0.717, 1.165) is 18.8 Å². The maximum atomic E-state index is 14.3. The average molecular weight is 502 g/mol. The molecule has 11 nitrogen and oxygen atoms in total. The molecule has 188 valence electrons. The quantitative estimate of drug-likeness (QED) is 0.361. The lowest BCUT2D eigenvalue weighted by molar-refractivity contribution is 0.0691. The van der Waals surface area contributed by atoms with Gasteiger partial charge in [0.05, 0.1) is 17.3 Å². The number of H-pyrrole nitrogens is 1. The van der Waals surface area contributed by atoms with Crippen molar-refractivity contribution in [3.05, 3.63) is 65.8 Å². The van der Waals surface area contributed by atoms with Crippen LogP contribution in [-0.4, -0.2) is 83.2 Å². The number of nitrogens with one attached hydrogen (secondary N) is 1. The van der Waals surface area contributed by atoms with E-state index in [1.54, 1.807) is 16.8 Å². The monoisotopic (exact) mass is 501 g/mol. The first kappa shape index (κ1) is 23.0. The normalized spacial score (nSPS) is 14.6. The Morgan fingerprint density at radius 1 is 1.14 bits per heavy atom. The van der Waals surface area contributed by atoms with Gasteiger partial charge in [-0.3, -0.25) is 14.9 Å². The molecule has 0 bridgehead atoms. The van der Waals surface area contributed by atoms with Crippen LogP contribution in [0.2, 0.25) is 0 Å². The number of pyridine rings is 2. The molecule has 1 fully saturated rings. The van der Waals surface area contributed by atoms with Crippen molar-refractivity contribution in [2.45, 2.75) is 13.3 Å². The van der Waals surface area contributed by atoms with E-state index in [-0.39, 0.29) is 11.5 Å². The summed E-state index contributed by atoms with van der Waals surface area (Å²) in [4.78, 5) is 36.5. The molecule has 0 unspecified atom stereocenters. The smallest absolute Gasteiger partial charge is 0.352 e. The highest BCUT2D eigenvalue weighted by molar-refractivity contribution is 5.98. The zero-order chi connectivity index (χ0) is 25.5. The van der Waals surface area contributed by atoms with E-state index >= 15 is 0 Å². The first-order valence-corrected chi connectivity index (χ1v) is 12.0. The molecule has 0 aliphatic carbocycles. The van der Waals surface area contributed by atoms with Crippen LogP contribution in [0.25, 0.3) is 28.2 Å². The predicted molar refractivity (Wildman–Crippen MR) is 134 cm³/mol. The van der Waals surface area contributed by atoms with Crippen LogP contribution in [0, 0.1) is 12.7 Å². The fraction of sp³-hybridized carbons (Fsp3) is 0.280. The summed E-state index contributed by atoms with van der Waals surface area (Å²) < 4.78 is 16.0. The highest BCUT2D eigenvalue weighted by Crippen LogP contribution is 2.24. The van der Waals surface area contributed by atoms with Crippen LogP contribution in [0.4, 0.5) is 10.1 Å². The molecule has 0 atom stereocenters. The Kier molecular flexibility index (Phi) is 5.72. The summed E-state index contributed by atoms with van der Waals surface area (Å²) in [5.74, 6) is -0.270. The van der Waals surface area contributed by atoms with Gasteiger partial charge in [0.15, 0.2) is 11.5 Å². The molecular weight excluding hydrogens is 477 g/mol. The van der Waals surface area contributed by atoms with Crippen LogP contribution in [0.3, 0.4) is 0 Å². The molecule has 0 saturated carbocycles. The molecule has 5 aromatic heterocycles. The number of carbonyl (C=O) groups is 1. The van der Waals surface area contributed by atoms with E-state index in [1.165, 1.54) is 12.3 Å². The lowest BCUT2D eigenvalue weighted by Gasteiger charge is -2.36. The van der Waals surface area contributed by atoms with Crippen LogP contribution in [-0.2, 0) is 6.42 Å². The van der Waals surface area contributed by atoms with Gasteiger partial charge in [0.2, 0.25) is 5.82 Å². The number of fused-ring (bicyclic) bond motifs is 3. The van der Waals surface area contributed by atoms with Crippen molar-refractivity contribution in [2.24, 2.45) is 0 Å². The second kappa shape index (κ2) is 9.21. The van der Waals surface area contributed by atoms with E-state index in [0.29, 0.717) is 65.8 Å². The maximum Gasteiger partial charge on any atom is 0.352 e. The third-order valence-electron chi connectivity index (χ3n) is 6.59. The number of carboxylic acid groups (broad SMARTS) is 1. The molecule has 0 amide bonds. The summed E-state index contributed by atoms with van der Waals surface area (Å²) in [5.41, 5.74) is 3.02. The first-order chi connectivity index (χ1) is 18.0. The molecule has 0 radical (unpaired) electrons. The standard InChI is InChI=1S/C25H24FN9O2/c1-15-12-20(17(26)14-28-15)34-10-8-33(9-11-34)7-5-21-30-22-16(13-19(29-22)25(36)37)24-31-23(32-35(21)24)18-4-2-3-6-27-18/h2-4,6,12-14,29H,5,7-11H2,1H3,(H,36,37). The van der Waals surface area contributed by atoms with Crippen LogP contribution < -0.4 is 4.90 Å². The van der Waals surface area contributed by atoms with Crippen molar-refractivity contribution in [3.63, 3.8) is 0 Å². The van der Waals surface area contributed by atoms with Gasteiger partial charge in [0.25, 0.3) is 0 Å². The van der Waals surface area contributed by atoms with E-state index < -0.39 is 5.97 Å². The topological polar surface area (TPSA) is 128 Å². The van der Waals surface area contributed by atoms with Crippen molar-refractivity contribution in [2.75, 3.05) is 37.6 Å². The Hall–Kier alpha value is -4.45. The summed E-state index contributed by atoms with van der Waals surface area (Å²) in [6, 6.07) is 8.82. The van der Waals surface area contributed by atoms with Crippen LogP contribution in [0.5, 0.6) is 0 Å². The fourth-order valence-corrected chi connectivity index (χ4v) is 4.67. The van der Waals surface area contributed by atoms with Gasteiger partial charge in [0, 0.05) is 51.0 Å². The summed E-state index contributed by atoms with van der Waals surface area (Å²) in [7, 11) is 0. The van der Waals surface area contributed by atoms with Gasteiger partial charge in [-0.05, 0) is 31.2 Å². The highest BCUT2D eigenvalue weighted by Gasteiger charge is 2.22. The Bertz CT molecular complexity index is 1610. The maximum absolute atomic E-state index is 14.3. The molecular formula is C25H24FN9O2. The Balaban J connectivity index is 1.26. The van der Waals surface area contributed by atoms with Crippen molar-refractivity contribution in [1.82, 2.24) is 39.4 Å². The Morgan fingerprint density at radius 2 is 1.97 bits per heavy atom. The van der Waals surface area contributed by atoms with E-state index in [4.69, 9.17) is 4.98 Å². The van der Waals surface area contributed by atoms with Gasteiger partial charge in [-0.15, -0.1) is 5.10 Å². The lowest BCUT2D eigenvalue weighted by atomic mass is 10.2. The third-order valence-corrected chi connectivity index (χ3v) is 6.59. The number of aromatic carboxylic acids is 1. The molecule has 12 heteroatoms. The van der Waals surface area contributed by atoms with E-state index in [9.17, 15) is 14.3 Å². The minimum Gasteiger partial charge on any atom is -0.477 e. The van der Waals surface area contributed by atoms with Gasteiger partial charge in [-0.25, -0.2) is 19.2 Å². The number of halogens is 1. The van der Waals surface area contributed by atoms with Gasteiger partial charge in [-0.2, -0.15) is 4.52 Å². The molecule has 0 aromatic carbocycles. The minimum absolute atomic E-state index is 0.0404. The van der Waals surface area contributed by atoms with Gasteiger partial charge < -0.3 is 15.0 Å². The molecule has 1 aliphatic rings. The molecule has 1 aliphatic heterocycles. The molecule has 2 N–H and O–H groups in total. The first-order valence-electron chi connectivity index (χ1n) is 12.0. The third kappa shape index (κ3) is 4.35. The molecule has 1 saturated heterocycles. The molecule has 5 aromatic rings. The Morgan fingerprint density at radius 3 is 2.73 bits per heavy atom. The highest BCUT2D eigenvalue weighted by atomic mass is 19.1. The number of hydrogen-bond donors (Lipinski definition) is 2. The largest absolute Gasteiger partial charge is 0.477 e. The molecule has 0 spiro atoms. The number of nitrogens with zero attached hydrogens (tertiary/aromatic N) is 8. The van der Waals surface area contributed by atoms with Gasteiger partial charge in [0.1, 0.15) is 22.9 Å². The number of carboxylic acids is 1. The number of hydrogen-bond acceptors (Lipinski definition) is 8. The van der Waals surface area contributed by atoms with Crippen molar-refractivity contribution in [1.29, 1.82) is 0 Å². The number of aromatic amines is 1. The zero-order valence-corrected chi connectivity index (χ0v) is 20.1. The van der Waals surface area contributed by atoms with Gasteiger partial charge >= 0.3 is 5.97 Å². The second-order valence-electron chi connectivity index (χ2n) is 9.02. The van der Waals surface area contributed by atoms with Crippen molar-refractivity contribution < 1.29 is 14.3 Å². The second-order valence-corrected chi connectivity index (χ2v) is 9.02. The number of aryl methyl sites for hydroxylation is 1. The van der Waals surface area contributed by atoms with Crippen LogP contribution >= 0.6 is 0 Å². The fourth-order valence-electron chi connectivity index (χ4n) is 4.67. The minimum atomic E-state index is -1.07. The number of rotatable bonds is 6. The SMILES string of the molecule is Cc1cc(N2CCN(CCc3nc4[nH]c(C(=O)O)cc4c4nc(-c5ccccn5)nn34)CC2)c(F)cn1. The van der Waals surface area contributed by atoms with Crippen molar-refractivity contribution >= 4 is 28.3 Å². The number of anilines is 1. The summed E-state index contributed by atoms with van der Waals surface area (Å²) in [6.45, 7) is 5.52. The summed E-state index contributed by atoms with van der Waals surface area (Å²) in [6.07, 6.45) is 3.52. The lowest BCUT2D eigenvalue weighted by Crippen LogP contribution is -2.47. The van der Waals surface area contributed by atoms with Crippen LogP contribution in [0.15, 0.2) is 42.7 Å². The zero-order valence-electron chi connectivity index (χ0n) is 20.1. The number of aromatic nitrogens is 7. The summed E-state index contributed by atoms with van der Waals surface area (Å²) in [5, 5.41) is 14.7. The summed E-state index contributed by atoms with van der Waals surface area (Å²) >= 11 is 0. The Labute approximate surface area is 210 Å². The molecule has 37 heavy (non-hydrogen) atoms. The molecule has 6 rings (SSSR count).